The number of piperazine rings is 1. The van der Waals surface area contributed by atoms with Gasteiger partial charge < -0.3 is 19.7 Å². The molecule has 1 aliphatic carbocycles. The molecule has 7 nitrogen and oxygen atoms in total. The summed E-state index contributed by atoms with van der Waals surface area (Å²) in [7, 11) is 0. The first-order chi connectivity index (χ1) is 17.1. The minimum absolute atomic E-state index is 0.146. The van der Waals surface area contributed by atoms with Crippen molar-refractivity contribution in [1.29, 1.82) is 0 Å². The van der Waals surface area contributed by atoms with Gasteiger partial charge in [0.2, 0.25) is 0 Å². The quantitative estimate of drug-likeness (QED) is 0.578. The highest BCUT2D eigenvalue weighted by Crippen LogP contribution is 2.31. The lowest BCUT2D eigenvalue weighted by Gasteiger charge is -2.50. The Balaban J connectivity index is 1.18. The smallest absolute Gasteiger partial charge is 0.410 e. The van der Waals surface area contributed by atoms with Crippen molar-refractivity contribution < 1.29 is 14.3 Å². The third-order valence-electron chi connectivity index (χ3n) is 8.78. The minimum atomic E-state index is -0.429. The zero-order valence-electron chi connectivity index (χ0n) is 23.9. The highest BCUT2D eigenvalue weighted by Gasteiger charge is 2.37. The van der Waals surface area contributed by atoms with Crippen LogP contribution in [0, 0.1) is 11.8 Å². The van der Waals surface area contributed by atoms with Crippen LogP contribution >= 0.6 is 0 Å². The molecule has 1 amide bonds. The lowest BCUT2D eigenvalue weighted by Crippen LogP contribution is -2.61. The van der Waals surface area contributed by atoms with Crippen molar-refractivity contribution in [1.82, 2.24) is 20.0 Å². The Labute approximate surface area is 220 Å². The average Bonchev–Trinajstić information content (AvgIpc) is 2.82. The summed E-state index contributed by atoms with van der Waals surface area (Å²) in [4.78, 5) is 20.0. The molecule has 3 aliphatic heterocycles. The minimum Gasteiger partial charge on any atom is -0.444 e. The second kappa shape index (κ2) is 12.3. The van der Waals surface area contributed by atoms with Crippen LogP contribution in [0.15, 0.2) is 0 Å². The molecule has 0 radical (unpaired) electrons. The van der Waals surface area contributed by atoms with Gasteiger partial charge in [-0.2, -0.15) is 0 Å². The highest BCUT2D eigenvalue weighted by atomic mass is 16.6. The third kappa shape index (κ3) is 8.31. The molecule has 4 aliphatic rings. The monoisotopic (exact) mass is 506 g/mol. The number of amides is 1. The van der Waals surface area contributed by atoms with E-state index in [-0.39, 0.29) is 11.6 Å². The van der Waals surface area contributed by atoms with E-state index >= 15 is 0 Å². The molecule has 4 rings (SSSR count). The molecule has 0 aromatic heterocycles. The molecule has 4 fully saturated rings. The molecule has 0 aromatic carbocycles. The lowest BCUT2D eigenvalue weighted by atomic mass is 9.86. The van der Waals surface area contributed by atoms with Gasteiger partial charge in [0.15, 0.2) is 0 Å². The van der Waals surface area contributed by atoms with Crippen LogP contribution in [0.4, 0.5) is 4.79 Å². The standard InChI is InChI=1S/C29H54N4O3/c1-28(2,3)36-27(34)32-16-6-7-24(20-32)21-33-18-17-31(22-29(33,4)5)19-23-8-10-25(11-9-23)35-26-12-14-30-15-13-26/h23-26,30H,6-22H2,1-5H3/t23?,24-,25?/m0/s1. The lowest BCUT2D eigenvalue weighted by molar-refractivity contribution is -0.0534. The van der Waals surface area contributed by atoms with Crippen molar-refractivity contribution in [2.24, 2.45) is 11.8 Å². The van der Waals surface area contributed by atoms with Crippen molar-refractivity contribution in [2.45, 2.75) is 109 Å². The summed E-state index contributed by atoms with van der Waals surface area (Å²) < 4.78 is 12.1. The number of carbonyl (C=O) groups excluding carboxylic acids is 1. The number of ether oxygens (including phenoxy) is 2. The van der Waals surface area contributed by atoms with Gasteiger partial charge >= 0.3 is 6.09 Å². The molecule has 1 N–H and O–H groups in total. The number of rotatable bonds is 6. The van der Waals surface area contributed by atoms with Crippen molar-refractivity contribution in [3.8, 4) is 0 Å². The van der Waals surface area contributed by atoms with E-state index in [2.05, 4.69) is 29.0 Å². The number of hydrogen-bond donors (Lipinski definition) is 1. The fourth-order valence-corrected chi connectivity index (χ4v) is 6.82. The molecule has 0 spiro atoms. The summed E-state index contributed by atoms with van der Waals surface area (Å²) in [6.07, 6.45) is 10.6. The average molecular weight is 507 g/mol. The Morgan fingerprint density at radius 1 is 0.889 bits per heavy atom. The summed E-state index contributed by atoms with van der Waals surface area (Å²) >= 11 is 0. The maximum atomic E-state index is 12.6. The van der Waals surface area contributed by atoms with Crippen LogP contribution in [0.5, 0.6) is 0 Å². The van der Waals surface area contributed by atoms with Crippen LogP contribution in [0.25, 0.3) is 0 Å². The third-order valence-corrected chi connectivity index (χ3v) is 8.78. The van der Waals surface area contributed by atoms with Gasteiger partial charge in [-0.1, -0.05) is 0 Å². The molecule has 0 aromatic rings. The van der Waals surface area contributed by atoms with Crippen molar-refractivity contribution in [2.75, 3.05) is 58.9 Å². The molecular weight excluding hydrogens is 452 g/mol. The summed E-state index contributed by atoms with van der Waals surface area (Å²) in [6.45, 7) is 20.3. The van der Waals surface area contributed by atoms with E-state index in [0.717, 1.165) is 64.7 Å². The zero-order chi connectivity index (χ0) is 25.8. The molecule has 0 unspecified atom stereocenters. The molecule has 1 saturated carbocycles. The SMILES string of the molecule is CC(C)(C)OC(=O)N1CCC[C@H](CN2CCN(CC3CCC(OC4CCNCC4)CC3)CC2(C)C)C1. The number of likely N-dealkylation sites (tertiary alicyclic amines) is 1. The maximum absolute atomic E-state index is 12.6. The molecule has 7 heteroatoms. The van der Waals surface area contributed by atoms with E-state index < -0.39 is 5.60 Å². The largest absolute Gasteiger partial charge is 0.444 e. The van der Waals surface area contributed by atoms with Gasteiger partial charge in [-0.3, -0.25) is 9.80 Å². The summed E-state index contributed by atoms with van der Waals surface area (Å²) in [6, 6.07) is 0. The van der Waals surface area contributed by atoms with Gasteiger partial charge in [-0.15, -0.1) is 0 Å². The molecule has 3 saturated heterocycles. The van der Waals surface area contributed by atoms with Crippen LogP contribution in [-0.2, 0) is 9.47 Å². The topological polar surface area (TPSA) is 57.3 Å². The summed E-state index contributed by atoms with van der Waals surface area (Å²) in [5.41, 5.74) is -0.260. The number of carbonyl (C=O) groups is 1. The Kier molecular flexibility index (Phi) is 9.62. The molecule has 3 heterocycles. The van der Waals surface area contributed by atoms with Gasteiger partial charge in [0.25, 0.3) is 0 Å². The van der Waals surface area contributed by atoms with Gasteiger partial charge in [0.1, 0.15) is 5.60 Å². The van der Waals surface area contributed by atoms with Gasteiger partial charge in [-0.05, 0) is 111 Å². The zero-order valence-corrected chi connectivity index (χ0v) is 23.9. The summed E-state index contributed by atoms with van der Waals surface area (Å²) in [5.74, 6) is 1.35. The van der Waals surface area contributed by atoms with Crippen LogP contribution in [-0.4, -0.2) is 103 Å². The number of nitrogens with zero attached hydrogens (tertiary/aromatic N) is 3. The van der Waals surface area contributed by atoms with Crippen LogP contribution in [0.3, 0.4) is 0 Å². The first kappa shape index (κ1) is 28.1. The van der Waals surface area contributed by atoms with Crippen LogP contribution < -0.4 is 5.32 Å². The van der Waals surface area contributed by atoms with Gasteiger partial charge in [0, 0.05) is 51.4 Å². The predicted octanol–water partition coefficient (Wildman–Crippen LogP) is 4.36. The second-order valence-corrected chi connectivity index (χ2v) is 13.7. The summed E-state index contributed by atoms with van der Waals surface area (Å²) in [5, 5.41) is 3.44. The van der Waals surface area contributed by atoms with E-state index in [0.29, 0.717) is 18.1 Å². The van der Waals surface area contributed by atoms with Crippen LogP contribution in [0.2, 0.25) is 0 Å². The Morgan fingerprint density at radius 2 is 1.58 bits per heavy atom. The molecule has 208 valence electrons. The van der Waals surface area contributed by atoms with Crippen LogP contribution in [0.1, 0.15) is 86.0 Å². The van der Waals surface area contributed by atoms with E-state index in [9.17, 15) is 4.79 Å². The number of piperidine rings is 2. The highest BCUT2D eigenvalue weighted by molar-refractivity contribution is 5.68. The van der Waals surface area contributed by atoms with Crippen molar-refractivity contribution in [3.63, 3.8) is 0 Å². The van der Waals surface area contributed by atoms with E-state index in [1.165, 1.54) is 51.5 Å². The first-order valence-corrected chi connectivity index (χ1v) is 14.9. The Morgan fingerprint density at radius 3 is 2.25 bits per heavy atom. The maximum Gasteiger partial charge on any atom is 0.410 e. The Bertz CT molecular complexity index is 695. The van der Waals surface area contributed by atoms with Crippen molar-refractivity contribution in [3.05, 3.63) is 0 Å². The van der Waals surface area contributed by atoms with E-state index in [1.807, 2.05) is 25.7 Å². The molecule has 1 atom stereocenters. The van der Waals surface area contributed by atoms with Crippen molar-refractivity contribution >= 4 is 6.09 Å². The number of hydrogen-bond acceptors (Lipinski definition) is 6. The van der Waals surface area contributed by atoms with E-state index in [1.54, 1.807) is 0 Å². The normalized spacial score (nSPS) is 31.4. The Hall–Kier alpha value is -0.890. The van der Waals surface area contributed by atoms with Gasteiger partial charge in [0.05, 0.1) is 12.2 Å². The second-order valence-electron chi connectivity index (χ2n) is 13.7. The molecular formula is C29H54N4O3. The molecule has 0 bridgehead atoms. The predicted molar refractivity (Wildman–Crippen MR) is 145 cm³/mol. The molecule has 36 heavy (non-hydrogen) atoms. The fourth-order valence-electron chi connectivity index (χ4n) is 6.82. The number of nitrogens with one attached hydrogen (secondary N) is 1. The first-order valence-electron chi connectivity index (χ1n) is 14.9. The fraction of sp³-hybridized carbons (Fsp3) is 0.966. The van der Waals surface area contributed by atoms with E-state index in [4.69, 9.17) is 9.47 Å². The van der Waals surface area contributed by atoms with Gasteiger partial charge in [-0.25, -0.2) is 4.79 Å².